The van der Waals surface area contributed by atoms with Crippen LogP contribution in [0.15, 0.2) is 24.3 Å². The zero-order chi connectivity index (χ0) is 17.3. The maximum atomic E-state index is 12.6. The zero-order valence-electron chi connectivity index (χ0n) is 14.8. The summed E-state index contributed by atoms with van der Waals surface area (Å²) < 4.78 is 6.99. The second kappa shape index (κ2) is 6.77. The van der Waals surface area contributed by atoms with E-state index in [1.807, 2.05) is 30.7 Å². The summed E-state index contributed by atoms with van der Waals surface area (Å²) in [5, 5.41) is 7.59. The molecule has 0 aliphatic heterocycles. The Balaban J connectivity index is 1.68. The molecule has 0 unspecified atom stereocenters. The van der Waals surface area contributed by atoms with Gasteiger partial charge in [0.15, 0.2) is 0 Å². The minimum Gasteiger partial charge on any atom is -0.383 e. The van der Waals surface area contributed by atoms with Crippen molar-refractivity contribution in [3.8, 4) is 0 Å². The van der Waals surface area contributed by atoms with Crippen molar-refractivity contribution >= 4 is 11.6 Å². The van der Waals surface area contributed by atoms with Crippen molar-refractivity contribution in [2.45, 2.75) is 39.7 Å². The number of carbonyl (C=O) groups is 1. The molecule has 3 rings (SSSR count). The number of nitrogens with zero attached hydrogens (tertiary/aromatic N) is 2. The fraction of sp³-hybridized carbons (Fsp3) is 0.474. The topological polar surface area (TPSA) is 56.1 Å². The number of methoxy groups -OCH3 is 1. The average Bonchev–Trinajstić information content (AvgIpc) is 3.31. The second-order valence-corrected chi connectivity index (χ2v) is 6.56. The van der Waals surface area contributed by atoms with Gasteiger partial charge in [0.25, 0.3) is 0 Å². The Morgan fingerprint density at radius 2 is 2.08 bits per heavy atom. The lowest BCUT2D eigenvalue weighted by Crippen LogP contribution is -2.16. The lowest BCUT2D eigenvalue weighted by Gasteiger charge is -2.08. The van der Waals surface area contributed by atoms with E-state index >= 15 is 0 Å². The number of aryl methyl sites for hydroxylation is 2. The lowest BCUT2D eigenvalue weighted by molar-refractivity contribution is -0.117. The number of nitrogens with one attached hydrogen (secondary N) is 1. The van der Waals surface area contributed by atoms with Gasteiger partial charge in [0, 0.05) is 13.0 Å². The molecular weight excluding hydrogens is 302 g/mol. The number of hydrogen-bond donors (Lipinski definition) is 1. The van der Waals surface area contributed by atoms with E-state index in [0.717, 1.165) is 23.5 Å². The summed E-state index contributed by atoms with van der Waals surface area (Å²) >= 11 is 0. The first kappa shape index (κ1) is 16.7. The number of rotatable bonds is 6. The van der Waals surface area contributed by atoms with Crippen LogP contribution in [0.5, 0.6) is 0 Å². The molecule has 1 aliphatic carbocycles. The van der Waals surface area contributed by atoms with Crippen LogP contribution in [0.3, 0.4) is 0 Å². The van der Waals surface area contributed by atoms with Gasteiger partial charge in [-0.15, -0.1) is 0 Å². The van der Waals surface area contributed by atoms with Gasteiger partial charge >= 0.3 is 0 Å². The van der Waals surface area contributed by atoms with Gasteiger partial charge in [0.05, 0.1) is 30.2 Å². The van der Waals surface area contributed by atoms with Crippen molar-refractivity contribution in [1.29, 1.82) is 0 Å². The Kier molecular flexibility index (Phi) is 4.71. The Labute approximate surface area is 143 Å². The van der Waals surface area contributed by atoms with Crippen molar-refractivity contribution in [3.63, 3.8) is 0 Å². The van der Waals surface area contributed by atoms with Gasteiger partial charge in [-0.05, 0) is 44.2 Å². The van der Waals surface area contributed by atoms with E-state index in [-0.39, 0.29) is 11.8 Å². The van der Waals surface area contributed by atoms with Gasteiger partial charge in [-0.25, -0.2) is 0 Å². The van der Waals surface area contributed by atoms with Crippen LogP contribution >= 0.6 is 0 Å². The first-order valence-electron chi connectivity index (χ1n) is 8.42. The largest absolute Gasteiger partial charge is 0.383 e. The molecule has 1 amide bonds. The highest BCUT2D eigenvalue weighted by Gasteiger charge is 2.44. The average molecular weight is 327 g/mol. The SMILES string of the molecule is COCCn1nc(C)c(NC(=O)[C@@H]2C[C@@H]2c2ccccc2C)c1C. The molecule has 1 aromatic heterocycles. The maximum absolute atomic E-state index is 12.6. The Bertz CT molecular complexity index is 751. The molecule has 1 N–H and O–H groups in total. The molecule has 1 aromatic carbocycles. The maximum Gasteiger partial charge on any atom is 0.228 e. The molecule has 24 heavy (non-hydrogen) atoms. The van der Waals surface area contributed by atoms with Crippen molar-refractivity contribution in [1.82, 2.24) is 9.78 Å². The third-order valence-electron chi connectivity index (χ3n) is 4.85. The smallest absolute Gasteiger partial charge is 0.228 e. The van der Waals surface area contributed by atoms with Crippen molar-refractivity contribution in [2.75, 3.05) is 19.0 Å². The van der Waals surface area contributed by atoms with Crippen molar-refractivity contribution in [2.24, 2.45) is 5.92 Å². The summed E-state index contributed by atoms with van der Waals surface area (Å²) in [4.78, 5) is 12.6. The quantitative estimate of drug-likeness (QED) is 0.886. The number of hydrogen-bond acceptors (Lipinski definition) is 3. The molecule has 0 bridgehead atoms. The summed E-state index contributed by atoms with van der Waals surface area (Å²) in [5.74, 6) is 0.503. The first-order chi connectivity index (χ1) is 11.5. The predicted molar refractivity (Wildman–Crippen MR) is 94.2 cm³/mol. The van der Waals surface area contributed by atoms with Crippen LogP contribution in [0.2, 0.25) is 0 Å². The first-order valence-corrected chi connectivity index (χ1v) is 8.42. The fourth-order valence-electron chi connectivity index (χ4n) is 3.32. The molecule has 2 atom stereocenters. The minimum atomic E-state index is 0.0622. The lowest BCUT2D eigenvalue weighted by atomic mass is 10.0. The van der Waals surface area contributed by atoms with Crippen LogP contribution in [0.4, 0.5) is 5.69 Å². The van der Waals surface area contributed by atoms with Gasteiger partial charge in [0.1, 0.15) is 0 Å². The van der Waals surface area contributed by atoms with Crippen LogP contribution in [-0.4, -0.2) is 29.4 Å². The molecule has 1 fully saturated rings. The normalized spacial score (nSPS) is 19.3. The highest BCUT2D eigenvalue weighted by molar-refractivity contribution is 5.96. The Morgan fingerprint density at radius 3 is 2.79 bits per heavy atom. The molecule has 5 nitrogen and oxygen atoms in total. The predicted octanol–water partition coefficient (Wildman–Crippen LogP) is 3.20. The van der Waals surface area contributed by atoms with E-state index in [2.05, 4.69) is 29.5 Å². The highest BCUT2D eigenvalue weighted by Crippen LogP contribution is 2.49. The summed E-state index contributed by atoms with van der Waals surface area (Å²) in [5.41, 5.74) is 5.22. The molecule has 1 saturated carbocycles. The van der Waals surface area contributed by atoms with Crippen LogP contribution in [0.25, 0.3) is 0 Å². The monoisotopic (exact) mass is 327 g/mol. The van der Waals surface area contributed by atoms with Crippen LogP contribution in [0.1, 0.15) is 34.9 Å². The molecule has 5 heteroatoms. The van der Waals surface area contributed by atoms with Crippen molar-refractivity contribution in [3.05, 3.63) is 46.8 Å². The van der Waals surface area contributed by atoms with E-state index in [1.165, 1.54) is 11.1 Å². The number of carbonyl (C=O) groups excluding carboxylic acids is 1. The minimum absolute atomic E-state index is 0.0622. The Morgan fingerprint density at radius 1 is 1.33 bits per heavy atom. The third-order valence-corrected chi connectivity index (χ3v) is 4.85. The summed E-state index contributed by atoms with van der Waals surface area (Å²) in [6.07, 6.45) is 0.923. The second-order valence-electron chi connectivity index (χ2n) is 6.56. The fourth-order valence-corrected chi connectivity index (χ4v) is 3.32. The third kappa shape index (κ3) is 3.22. The molecule has 1 aliphatic rings. The number of amides is 1. The van der Waals surface area contributed by atoms with Gasteiger partial charge in [0.2, 0.25) is 5.91 Å². The summed E-state index contributed by atoms with van der Waals surface area (Å²) in [7, 11) is 1.67. The van der Waals surface area contributed by atoms with Crippen molar-refractivity contribution < 1.29 is 9.53 Å². The number of anilines is 1. The van der Waals surface area contributed by atoms with Crippen LogP contribution < -0.4 is 5.32 Å². The van der Waals surface area contributed by atoms with E-state index in [9.17, 15) is 4.79 Å². The van der Waals surface area contributed by atoms with E-state index in [4.69, 9.17) is 4.74 Å². The molecule has 0 radical (unpaired) electrons. The summed E-state index contributed by atoms with van der Waals surface area (Å²) in [6, 6.07) is 8.32. The van der Waals surface area contributed by atoms with Gasteiger partial charge in [-0.2, -0.15) is 5.10 Å². The molecular formula is C19H25N3O2. The van der Waals surface area contributed by atoms with E-state index in [0.29, 0.717) is 19.1 Å². The van der Waals surface area contributed by atoms with E-state index in [1.54, 1.807) is 7.11 Å². The molecule has 0 spiro atoms. The molecule has 128 valence electrons. The summed E-state index contributed by atoms with van der Waals surface area (Å²) in [6.45, 7) is 7.31. The highest BCUT2D eigenvalue weighted by atomic mass is 16.5. The standard InChI is InChI=1S/C19H25N3O2/c1-12-7-5-6-8-15(12)16-11-17(16)19(23)20-18-13(2)21-22(14(18)3)9-10-24-4/h5-8,16-17H,9-11H2,1-4H3,(H,20,23)/t16-,17-/m1/s1. The number of aromatic nitrogens is 2. The number of benzene rings is 1. The zero-order valence-corrected chi connectivity index (χ0v) is 14.8. The molecule has 1 heterocycles. The number of ether oxygens (including phenoxy) is 1. The molecule has 2 aromatic rings. The van der Waals surface area contributed by atoms with E-state index < -0.39 is 0 Å². The molecule has 0 saturated heterocycles. The van der Waals surface area contributed by atoms with Crippen LogP contribution in [0, 0.1) is 26.7 Å². The van der Waals surface area contributed by atoms with Gasteiger partial charge in [-0.3, -0.25) is 9.48 Å². The van der Waals surface area contributed by atoms with Crippen LogP contribution in [-0.2, 0) is 16.1 Å². The van der Waals surface area contributed by atoms with Gasteiger partial charge < -0.3 is 10.1 Å². The Hall–Kier alpha value is -2.14. The van der Waals surface area contributed by atoms with Gasteiger partial charge in [-0.1, -0.05) is 24.3 Å².